The molecule has 3 N–H and O–H groups in total. The van der Waals surface area contributed by atoms with Crippen molar-refractivity contribution in [2.75, 3.05) is 5.73 Å². The van der Waals surface area contributed by atoms with Gasteiger partial charge in [0.05, 0.1) is 12.1 Å². The number of nitrogens with zero attached hydrogens (tertiary/aromatic N) is 2. The lowest BCUT2D eigenvalue weighted by molar-refractivity contribution is 0.0697. The first-order valence-corrected chi connectivity index (χ1v) is 4.76. The number of hydrogen-bond donors (Lipinski definition) is 2. The summed E-state index contributed by atoms with van der Waals surface area (Å²) in [5.74, 6) is -0.447. The van der Waals surface area contributed by atoms with E-state index >= 15 is 0 Å². The Kier molecular flexibility index (Phi) is 2.59. The molecule has 0 spiro atoms. The minimum atomic E-state index is -0.921. The molecule has 1 heterocycles. The van der Waals surface area contributed by atoms with Gasteiger partial charge in [-0.05, 0) is 23.8 Å². The van der Waals surface area contributed by atoms with Crippen molar-refractivity contribution in [2.24, 2.45) is 0 Å². The number of carboxylic acid groups (broad SMARTS) is 1. The molecule has 0 amide bonds. The first-order valence-electron chi connectivity index (χ1n) is 4.76. The third kappa shape index (κ3) is 2.20. The molecule has 0 aliphatic rings. The largest absolute Gasteiger partial charge is 0.478 e. The van der Waals surface area contributed by atoms with Crippen molar-refractivity contribution in [1.29, 1.82) is 0 Å². The molecule has 0 saturated heterocycles. The Balaban J connectivity index is 2.14. The van der Waals surface area contributed by atoms with Gasteiger partial charge in [-0.25, -0.2) is 4.79 Å². The van der Waals surface area contributed by atoms with Crippen molar-refractivity contribution >= 4 is 11.8 Å². The van der Waals surface area contributed by atoms with Crippen LogP contribution in [0.4, 0.5) is 5.82 Å². The van der Waals surface area contributed by atoms with E-state index in [2.05, 4.69) is 5.10 Å². The lowest BCUT2D eigenvalue weighted by atomic mass is 10.1. The predicted octanol–water partition coefficient (Wildman–Crippen LogP) is 1.21. The van der Waals surface area contributed by atoms with Crippen molar-refractivity contribution in [1.82, 2.24) is 9.78 Å². The summed E-state index contributed by atoms with van der Waals surface area (Å²) in [5.41, 5.74) is 6.75. The van der Waals surface area contributed by atoms with Gasteiger partial charge >= 0.3 is 5.97 Å². The molecule has 0 radical (unpaired) electrons. The van der Waals surface area contributed by atoms with Crippen LogP contribution in [0.25, 0.3) is 0 Å². The van der Waals surface area contributed by atoms with E-state index in [1.807, 2.05) is 0 Å². The average Bonchev–Trinajstić information content (AvgIpc) is 2.65. The minimum absolute atomic E-state index is 0.281. The minimum Gasteiger partial charge on any atom is -0.478 e. The number of carboxylic acids is 1. The Morgan fingerprint density at radius 2 is 2.00 bits per heavy atom. The van der Waals surface area contributed by atoms with Crippen molar-refractivity contribution in [3.63, 3.8) is 0 Å². The van der Waals surface area contributed by atoms with Crippen molar-refractivity contribution in [2.45, 2.75) is 6.54 Å². The zero-order valence-corrected chi connectivity index (χ0v) is 8.50. The maximum atomic E-state index is 10.6. The van der Waals surface area contributed by atoms with Crippen molar-refractivity contribution in [3.8, 4) is 0 Å². The van der Waals surface area contributed by atoms with Crippen molar-refractivity contribution < 1.29 is 9.90 Å². The fourth-order valence-electron chi connectivity index (χ4n) is 1.41. The van der Waals surface area contributed by atoms with Gasteiger partial charge < -0.3 is 10.8 Å². The van der Waals surface area contributed by atoms with E-state index in [0.717, 1.165) is 5.56 Å². The van der Waals surface area contributed by atoms with E-state index in [1.165, 1.54) is 0 Å². The predicted molar refractivity (Wildman–Crippen MR) is 59.1 cm³/mol. The Hall–Kier alpha value is -2.30. The van der Waals surface area contributed by atoms with Crippen LogP contribution in [0.15, 0.2) is 36.5 Å². The summed E-state index contributed by atoms with van der Waals surface area (Å²) < 4.78 is 1.70. The number of aromatic carboxylic acids is 1. The highest BCUT2D eigenvalue weighted by molar-refractivity contribution is 5.87. The summed E-state index contributed by atoms with van der Waals surface area (Å²) in [6.07, 6.45) is 1.78. The van der Waals surface area contributed by atoms with Crippen LogP contribution in [-0.2, 0) is 6.54 Å². The van der Waals surface area contributed by atoms with Gasteiger partial charge in [0, 0.05) is 6.20 Å². The van der Waals surface area contributed by atoms with Crippen LogP contribution in [-0.4, -0.2) is 20.9 Å². The number of nitrogens with two attached hydrogens (primary N) is 1. The first-order chi connectivity index (χ1) is 7.65. The second kappa shape index (κ2) is 4.06. The Labute approximate surface area is 92.1 Å². The molecule has 5 nitrogen and oxygen atoms in total. The van der Waals surface area contributed by atoms with Gasteiger partial charge in [-0.15, -0.1) is 0 Å². The van der Waals surface area contributed by atoms with E-state index in [-0.39, 0.29) is 5.56 Å². The van der Waals surface area contributed by atoms with E-state index < -0.39 is 5.97 Å². The highest BCUT2D eigenvalue weighted by Gasteiger charge is 2.02. The lowest BCUT2D eigenvalue weighted by Crippen LogP contribution is -2.02. The number of benzene rings is 1. The van der Waals surface area contributed by atoms with Gasteiger partial charge in [0.1, 0.15) is 5.82 Å². The molecule has 0 aliphatic heterocycles. The lowest BCUT2D eigenvalue weighted by Gasteiger charge is -2.02. The summed E-state index contributed by atoms with van der Waals surface area (Å²) in [5, 5.41) is 12.8. The molecule has 0 fully saturated rings. The highest BCUT2D eigenvalue weighted by atomic mass is 16.4. The van der Waals surface area contributed by atoms with Crippen LogP contribution in [0.5, 0.6) is 0 Å². The topological polar surface area (TPSA) is 81.1 Å². The molecule has 2 rings (SSSR count). The van der Waals surface area contributed by atoms with Gasteiger partial charge in [0.25, 0.3) is 0 Å². The van der Waals surface area contributed by atoms with Crippen molar-refractivity contribution in [3.05, 3.63) is 47.7 Å². The fraction of sp³-hybridized carbons (Fsp3) is 0.0909. The van der Waals surface area contributed by atoms with Gasteiger partial charge in [-0.2, -0.15) is 5.10 Å². The van der Waals surface area contributed by atoms with Crippen LogP contribution in [0.1, 0.15) is 15.9 Å². The Bertz CT molecular complexity index is 502. The molecule has 82 valence electrons. The van der Waals surface area contributed by atoms with E-state index in [9.17, 15) is 4.79 Å². The van der Waals surface area contributed by atoms with Gasteiger partial charge in [0.2, 0.25) is 0 Å². The smallest absolute Gasteiger partial charge is 0.335 e. The molecule has 2 aromatic rings. The molecule has 1 aromatic heterocycles. The van der Waals surface area contributed by atoms with Gasteiger partial charge in [-0.3, -0.25) is 4.68 Å². The zero-order chi connectivity index (χ0) is 11.5. The molecule has 0 atom stereocenters. The normalized spacial score (nSPS) is 10.2. The number of carbonyl (C=O) groups is 1. The van der Waals surface area contributed by atoms with Crippen LogP contribution >= 0.6 is 0 Å². The standard InChI is InChI=1S/C11H11N3O2/c12-10-5-6-14(13-10)7-8-1-3-9(4-2-8)11(15)16/h1-6H,7H2,(H2,12,13)(H,15,16). The molecule has 0 aliphatic carbocycles. The Morgan fingerprint density at radius 3 is 2.50 bits per heavy atom. The second-order valence-electron chi connectivity index (χ2n) is 3.44. The summed E-state index contributed by atoms with van der Waals surface area (Å²) in [6.45, 7) is 0.580. The maximum absolute atomic E-state index is 10.6. The van der Waals surface area contributed by atoms with Gasteiger partial charge in [-0.1, -0.05) is 12.1 Å². The molecule has 1 aromatic carbocycles. The monoisotopic (exact) mass is 217 g/mol. The molecular formula is C11H11N3O2. The molecule has 0 unspecified atom stereocenters. The van der Waals surface area contributed by atoms with Crippen LogP contribution in [0, 0.1) is 0 Å². The van der Waals surface area contributed by atoms with Crippen LogP contribution in [0.3, 0.4) is 0 Å². The molecular weight excluding hydrogens is 206 g/mol. The fourth-order valence-corrected chi connectivity index (χ4v) is 1.41. The number of aromatic nitrogens is 2. The van der Waals surface area contributed by atoms with Gasteiger partial charge in [0.15, 0.2) is 0 Å². The zero-order valence-electron chi connectivity index (χ0n) is 8.50. The van der Waals surface area contributed by atoms with E-state index in [1.54, 1.807) is 41.2 Å². The van der Waals surface area contributed by atoms with Crippen LogP contribution in [0.2, 0.25) is 0 Å². The highest BCUT2D eigenvalue weighted by Crippen LogP contribution is 2.07. The summed E-state index contributed by atoms with van der Waals surface area (Å²) in [4.78, 5) is 10.6. The van der Waals surface area contributed by atoms with E-state index in [0.29, 0.717) is 12.4 Å². The Morgan fingerprint density at radius 1 is 1.31 bits per heavy atom. The first kappa shape index (κ1) is 10.2. The third-order valence-electron chi connectivity index (χ3n) is 2.21. The maximum Gasteiger partial charge on any atom is 0.335 e. The third-order valence-corrected chi connectivity index (χ3v) is 2.21. The SMILES string of the molecule is Nc1ccn(Cc2ccc(C(=O)O)cc2)n1. The number of rotatable bonds is 3. The summed E-state index contributed by atoms with van der Waals surface area (Å²) in [6, 6.07) is 8.39. The number of nitrogen functional groups attached to an aromatic ring is 1. The number of anilines is 1. The van der Waals surface area contributed by atoms with Crippen LogP contribution < -0.4 is 5.73 Å². The summed E-state index contributed by atoms with van der Waals surface area (Å²) in [7, 11) is 0. The number of hydrogen-bond acceptors (Lipinski definition) is 3. The molecule has 0 bridgehead atoms. The summed E-state index contributed by atoms with van der Waals surface area (Å²) >= 11 is 0. The molecule has 0 saturated carbocycles. The quantitative estimate of drug-likeness (QED) is 0.809. The molecule has 16 heavy (non-hydrogen) atoms. The molecule has 5 heteroatoms. The van der Waals surface area contributed by atoms with E-state index in [4.69, 9.17) is 10.8 Å². The second-order valence-corrected chi connectivity index (χ2v) is 3.44. The average molecular weight is 217 g/mol.